The Morgan fingerprint density at radius 1 is 1.27 bits per heavy atom. The van der Waals surface area contributed by atoms with Crippen molar-refractivity contribution in [3.05, 3.63) is 36.5 Å². The highest BCUT2D eigenvalue weighted by molar-refractivity contribution is 6.18. The number of hydrogen-bond donors (Lipinski definition) is 0. The molecule has 1 aromatic heterocycles. The van der Waals surface area contributed by atoms with E-state index in [9.17, 15) is 0 Å². The smallest absolute Gasteiger partial charge is 0.136 e. The second-order valence-electron chi connectivity index (χ2n) is 3.47. The Labute approximate surface area is 94.5 Å². The molecule has 0 aliphatic heterocycles. The molecule has 0 saturated carbocycles. The van der Waals surface area contributed by atoms with Gasteiger partial charge in [0.1, 0.15) is 5.82 Å². The number of rotatable bonds is 3. The summed E-state index contributed by atoms with van der Waals surface area (Å²) in [4.78, 5) is 6.47. The van der Waals surface area contributed by atoms with Gasteiger partial charge >= 0.3 is 0 Å². The average molecular weight is 221 g/mol. The Balaban J connectivity index is 2.50. The first-order chi connectivity index (χ1) is 7.33. The van der Waals surface area contributed by atoms with Crippen molar-refractivity contribution in [2.24, 2.45) is 0 Å². The molecule has 1 aromatic carbocycles. The van der Waals surface area contributed by atoms with Crippen molar-refractivity contribution >= 4 is 28.2 Å². The van der Waals surface area contributed by atoms with Gasteiger partial charge in [-0.25, -0.2) is 4.98 Å². The predicted molar refractivity (Wildman–Crippen MR) is 65.7 cm³/mol. The molecular formula is C12H13ClN2. The van der Waals surface area contributed by atoms with E-state index < -0.39 is 0 Å². The van der Waals surface area contributed by atoms with Gasteiger partial charge in [-0.1, -0.05) is 24.3 Å². The monoisotopic (exact) mass is 220 g/mol. The maximum absolute atomic E-state index is 5.73. The number of alkyl halides is 1. The van der Waals surface area contributed by atoms with Crippen LogP contribution in [0.2, 0.25) is 0 Å². The normalized spacial score (nSPS) is 10.5. The van der Waals surface area contributed by atoms with E-state index in [0.717, 1.165) is 12.4 Å². The van der Waals surface area contributed by atoms with Gasteiger partial charge in [0.15, 0.2) is 0 Å². The van der Waals surface area contributed by atoms with Crippen molar-refractivity contribution in [2.45, 2.75) is 0 Å². The van der Waals surface area contributed by atoms with Gasteiger partial charge < -0.3 is 4.90 Å². The Bertz CT molecular complexity index is 451. The first-order valence-corrected chi connectivity index (χ1v) is 5.47. The second kappa shape index (κ2) is 4.49. The van der Waals surface area contributed by atoms with Crippen LogP contribution in [0.25, 0.3) is 10.8 Å². The summed E-state index contributed by atoms with van der Waals surface area (Å²) in [5, 5.41) is 2.39. The predicted octanol–water partition coefficient (Wildman–Crippen LogP) is 2.91. The molecule has 0 saturated heterocycles. The molecule has 3 heteroatoms. The Morgan fingerprint density at radius 2 is 2.07 bits per heavy atom. The Hall–Kier alpha value is -1.28. The maximum atomic E-state index is 5.73. The molecule has 0 unspecified atom stereocenters. The van der Waals surface area contributed by atoms with Gasteiger partial charge in [0, 0.05) is 31.1 Å². The maximum Gasteiger partial charge on any atom is 0.136 e. The van der Waals surface area contributed by atoms with Crippen molar-refractivity contribution in [3.63, 3.8) is 0 Å². The minimum atomic E-state index is 0.613. The standard InChI is InChI=1S/C12H13ClN2/c1-15(9-7-13)12-11-5-3-2-4-10(11)6-8-14-12/h2-6,8H,7,9H2,1H3. The third kappa shape index (κ3) is 2.05. The molecule has 0 amide bonds. The molecule has 15 heavy (non-hydrogen) atoms. The molecule has 0 radical (unpaired) electrons. The molecular weight excluding hydrogens is 208 g/mol. The highest BCUT2D eigenvalue weighted by Crippen LogP contribution is 2.22. The summed E-state index contributed by atoms with van der Waals surface area (Å²) in [7, 11) is 2.01. The fourth-order valence-corrected chi connectivity index (χ4v) is 1.89. The van der Waals surface area contributed by atoms with E-state index in [4.69, 9.17) is 11.6 Å². The third-order valence-corrected chi connectivity index (χ3v) is 2.60. The van der Waals surface area contributed by atoms with Crippen LogP contribution < -0.4 is 4.90 Å². The lowest BCUT2D eigenvalue weighted by Crippen LogP contribution is -2.20. The second-order valence-corrected chi connectivity index (χ2v) is 3.84. The number of hydrogen-bond acceptors (Lipinski definition) is 2. The zero-order valence-electron chi connectivity index (χ0n) is 8.65. The molecule has 2 nitrogen and oxygen atoms in total. The fraction of sp³-hybridized carbons (Fsp3) is 0.250. The van der Waals surface area contributed by atoms with Gasteiger partial charge in [-0.2, -0.15) is 0 Å². The summed E-state index contributed by atoms with van der Waals surface area (Å²) in [6.07, 6.45) is 1.84. The summed E-state index contributed by atoms with van der Waals surface area (Å²) < 4.78 is 0. The van der Waals surface area contributed by atoms with Crippen LogP contribution in [0.4, 0.5) is 5.82 Å². The van der Waals surface area contributed by atoms with Gasteiger partial charge in [-0.05, 0) is 11.5 Å². The molecule has 0 bridgehead atoms. The molecule has 0 aliphatic rings. The van der Waals surface area contributed by atoms with Crippen molar-refractivity contribution < 1.29 is 0 Å². The summed E-state index contributed by atoms with van der Waals surface area (Å²) in [5.74, 6) is 1.61. The fourth-order valence-electron chi connectivity index (χ4n) is 1.64. The van der Waals surface area contributed by atoms with Crippen LogP contribution in [0.3, 0.4) is 0 Å². The number of nitrogens with zero attached hydrogens (tertiary/aromatic N) is 2. The van der Waals surface area contributed by atoms with Gasteiger partial charge in [-0.3, -0.25) is 0 Å². The SMILES string of the molecule is CN(CCCl)c1nccc2ccccc12. The largest absolute Gasteiger partial charge is 0.358 e. The lowest BCUT2D eigenvalue weighted by Gasteiger charge is -2.18. The lowest BCUT2D eigenvalue weighted by atomic mass is 10.1. The molecule has 0 spiro atoms. The van der Waals surface area contributed by atoms with E-state index in [1.54, 1.807) is 0 Å². The summed E-state index contributed by atoms with van der Waals surface area (Å²) >= 11 is 5.73. The van der Waals surface area contributed by atoms with Crippen molar-refractivity contribution in [3.8, 4) is 0 Å². The van der Waals surface area contributed by atoms with Crippen molar-refractivity contribution in [2.75, 3.05) is 24.4 Å². The van der Waals surface area contributed by atoms with Gasteiger partial charge in [0.25, 0.3) is 0 Å². The number of fused-ring (bicyclic) bond motifs is 1. The Morgan fingerprint density at radius 3 is 2.87 bits per heavy atom. The zero-order chi connectivity index (χ0) is 10.7. The Kier molecular flexibility index (Phi) is 3.07. The minimum absolute atomic E-state index is 0.613. The first-order valence-electron chi connectivity index (χ1n) is 4.94. The van der Waals surface area contributed by atoms with Crippen LogP contribution >= 0.6 is 11.6 Å². The topological polar surface area (TPSA) is 16.1 Å². The van der Waals surface area contributed by atoms with Crippen LogP contribution in [-0.2, 0) is 0 Å². The van der Waals surface area contributed by atoms with Crippen LogP contribution in [-0.4, -0.2) is 24.5 Å². The molecule has 0 atom stereocenters. The molecule has 2 rings (SSSR count). The first kappa shape index (κ1) is 10.2. The van der Waals surface area contributed by atoms with E-state index >= 15 is 0 Å². The number of aromatic nitrogens is 1. The van der Waals surface area contributed by atoms with Crippen molar-refractivity contribution in [1.29, 1.82) is 0 Å². The van der Waals surface area contributed by atoms with Crippen LogP contribution in [0.5, 0.6) is 0 Å². The molecule has 0 fully saturated rings. The van der Waals surface area contributed by atoms with Gasteiger partial charge in [0.05, 0.1) is 0 Å². The van der Waals surface area contributed by atoms with E-state index in [0.29, 0.717) is 5.88 Å². The van der Waals surface area contributed by atoms with Crippen LogP contribution in [0.1, 0.15) is 0 Å². The van der Waals surface area contributed by atoms with E-state index in [2.05, 4.69) is 22.0 Å². The van der Waals surface area contributed by atoms with Crippen LogP contribution in [0.15, 0.2) is 36.5 Å². The summed E-state index contributed by atoms with van der Waals surface area (Å²) in [5.41, 5.74) is 0. The number of halogens is 1. The molecule has 0 N–H and O–H groups in total. The van der Waals surface area contributed by atoms with E-state index in [1.807, 2.05) is 31.4 Å². The van der Waals surface area contributed by atoms with Crippen molar-refractivity contribution in [1.82, 2.24) is 4.98 Å². The highest BCUT2D eigenvalue weighted by atomic mass is 35.5. The molecule has 2 aromatic rings. The minimum Gasteiger partial charge on any atom is -0.358 e. The number of pyridine rings is 1. The van der Waals surface area contributed by atoms with Gasteiger partial charge in [-0.15, -0.1) is 11.6 Å². The summed E-state index contributed by atoms with van der Waals surface area (Å²) in [6.45, 7) is 0.808. The molecule has 78 valence electrons. The van der Waals surface area contributed by atoms with Crippen LogP contribution in [0, 0.1) is 0 Å². The molecule has 0 aliphatic carbocycles. The average Bonchev–Trinajstić information content (AvgIpc) is 2.28. The quantitative estimate of drug-likeness (QED) is 0.740. The van der Waals surface area contributed by atoms with E-state index in [1.165, 1.54) is 10.8 Å². The zero-order valence-corrected chi connectivity index (χ0v) is 9.41. The lowest BCUT2D eigenvalue weighted by molar-refractivity contribution is 0.951. The number of anilines is 1. The number of benzene rings is 1. The highest BCUT2D eigenvalue weighted by Gasteiger charge is 2.05. The third-order valence-electron chi connectivity index (χ3n) is 2.43. The van der Waals surface area contributed by atoms with Gasteiger partial charge in [0.2, 0.25) is 0 Å². The molecule has 1 heterocycles. The summed E-state index contributed by atoms with van der Waals surface area (Å²) in [6, 6.07) is 10.3. The van der Waals surface area contributed by atoms with E-state index in [-0.39, 0.29) is 0 Å².